The largest absolute Gasteiger partial charge is 0.397 e. The number of aromatic nitrogens is 1. The summed E-state index contributed by atoms with van der Waals surface area (Å²) in [6.45, 7) is 2.74. The van der Waals surface area contributed by atoms with E-state index in [4.69, 9.17) is 20.9 Å². The first-order valence-electron chi connectivity index (χ1n) is 8.43. The summed E-state index contributed by atoms with van der Waals surface area (Å²) in [7, 11) is 1.67. The number of pyridine rings is 1. The first kappa shape index (κ1) is 20.7. The van der Waals surface area contributed by atoms with E-state index in [1.54, 1.807) is 13.3 Å². The Balaban J connectivity index is 0.00000243. The topological polar surface area (TPSA) is 104 Å². The molecule has 2 aromatic rings. The molecule has 0 aliphatic carbocycles. The van der Waals surface area contributed by atoms with E-state index in [2.05, 4.69) is 9.88 Å². The van der Waals surface area contributed by atoms with Crippen molar-refractivity contribution >= 4 is 51.2 Å². The minimum Gasteiger partial charge on any atom is -0.397 e. The summed E-state index contributed by atoms with van der Waals surface area (Å²) in [6, 6.07) is 2.23. The maximum atomic E-state index is 11.6. The number of amides is 1. The number of carbonyl (C=O) groups is 1. The van der Waals surface area contributed by atoms with Crippen LogP contribution in [0.5, 0.6) is 0 Å². The molecule has 1 unspecified atom stereocenters. The van der Waals surface area contributed by atoms with E-state index in [1.165, 1.54) is 17.8 Å². The first-order chi connectivity index (χ1) is 12.1. The van der Waals surface area contributed by atoms with E-state index in [0.717, 1.165) is 35.3 Å². The molecule has 1 saturated heterocycles. The molecule has 0 bridgehead atoms. The second kappa shape index (κ2) is 9.36. The number of nitrogen functional groups attached to an aromatic ring is 1. The van der Waals surface area contributed by atoms with Crippen molar-refractivity contribution in [2.24, 2.45) is 5.73 Å². The number of halogens is 1. The number of piperidine rings is 1. The Kier molecular flexibility index (Phi) is 7.45. The molecule has 2 aromatic heterocycles. The van der Waals surface area contributed by atoms with E-state index in [-0.39, 0.29) is 18.4 Å². The molecule has 1 fully saturated rings. The van der Waals surface area contributed by atoms with Crippen molar-refractivity contribution in [2.45, 2.75) is 25.3 Å². The van der Waals surface area contributed by atoms with Crippen molar-refractivity contribution in [3.05, 3.63) is 17.1 Å². The van der Waals surface area contributed by atoms with E-state index in [9.17, 15) is 4.79 Å². The van der Waals surface area contributed by atoms with Crippen molar-refractivity contribution in [1.82, 2.24) is 4.98 Å². The summed E-state index contributed by atoms with van der Waals surface area (Å²) in [5, 5.41) is 0.824. The monoisotopic (exact) mass is 400 g/mol. The molecule has 7 nitrogen and oxygen atoms in total. The van der Waals surface area contributed by atoms with Crippen LogP contribution in [-0.4, -0.2) is 50.4 Å². The van der Waals surface area contributed by atoms with Gasteiger partial charge in [-0.3, -0.25) is 4.79 Å². The lowest BCUT2D eigenvalue weighted by atomic mass is 10.0. The van der Waals surface area contributed by atoms with Crippen LogP contribution in [0.1, 0.15) is 28.9 Å². The number of hydrogen-bond acceptors (Lipinski definition) is 7. The fourth-order valence-corrected chi connectivity index (χ4v) is 4.24. The third kappa shape index (κ3) is 4.20. The lowest BCUT2D eigenvalue weighted by Gasteiger charge is -2.37. The molecule has 1 atom stereocenters. The number of fused-ring (bicyclic) bond motifs is 1. The number of anilines is 2. The summed E-state index contributed by atoms with van der Waals surface area (Å²) in [5.74, 6) is -0.510. The van der Waals surface area contributed by atoms with E-state index >= 15 is 0 Å². The number of methoxy groups -OCH3 is 1. The van der Waals surface area contributed by atoms with Gasteiger partial charge in [-0.2, -0.15) is 0 Å². The molecule has 1 aliphatic heterocycles. The van der Waals surface area contributed by atoms with Crippen molar-refractivity contribution < 1.29 is 14.3 Å². The zero-order valence-electron chi connectivity index (χ0n) is 14.8. The van der Waals surface area contributed by atoms with Gasteiger partial charge in [0.15, 0.2) is 0 Å². The van der Waals surface area contributed by atoms with Crippen LogP contribution in [0.4, 0.5) is 11.4 Å². The molecule has 0 aromatic carbocycles. The van der Waals surface area contributed by atoms with Crippen LogP contribution < -0.4 is 16.4 Å². The standard InChI is InChI=1S/C17H24N4O3S.ClH/c1-23-8-9-24-10-11-4-2-3-7-21(11)12-5-6-20-17-13(12)14(18)15(25-17)16(19)22;/h5-6,11H,2-4,7-10,18H2,1H3,(H2,19,22);1H. The molecular weight excluding hydrogens is 376 g/mol. The van der Waals surface area contributed by atoms with Crippen LogP contribution in [0.15, 0.2) is 12.3 Å². The van der Waals surface area contributed by atoms with E-state index < -0.39 is 5.91 Å². The number of nitrogens with two attached hydrogens (primary N) is 2. The first-order valence-corrected chi connectivity index (χ1v) is 9.25. The lowest BCUT2D eigenvalue weighted by molar-refractivity contribution is 0.0595. The Hall–Kier alpha value is -1.61. The second-order valence-electron chi connectivity index (χ2n) is 6.13. The van der Waals surface area contributed by atoms with Crippen LogP contribution in [-0.2, 0) is 9.47 Å². The molecule has 26 heavy (non-hydrogen) atoms. The number of thiophene rings is 1. The molecule has 1 amide bonds. The third-order valence-electron chi connectivity index (χ3n) is 4.51. The maximum Gasteiger partial charge on any atom is 0.260 e. The minimum atomic E-state index is -0.510. The summed E-state index contributed by atoms with van der Waals surface area (Å²) >= 11 is 1.25. The predicted octanol–water partition coefficient (Wildman–Crippen LogP) is 2.42. The van der Waals surface area contributed by atoms with Gasteiger partial charge in [0.05, 0.1) is 42.6 Å². The minimum absolute atomic E-state index is 0. The fraction of sp³-hybridized carbons (Fsp3) is 0.529. The number of rotatable bonds is 7. The van der Waals surface area contributed by atoms with Crippen LogP contribution in [0.2, 0.25) is 0 Å². The van der Waals surface area contributed by atoms with Gasteiger partial charge in [-0.25, -0.2) is 4.98 Å². The average molecular weight is 401 g/mol. The van der Waals surface area contributed by atoms with Gasteiger partial charge in [-0.15, -0.1) is 23.7 Å². The van der Waals surface area contributed by atoms with Gasteiger partial charge in [0, 0.05) is 19.9 Å². The quantitative estimate of drug-likeness (QED) is 0.691. The van der Waals surface area contributed by atoms with Crippen LogP contribution in [0.3, 0.4) is 0 Å². The zero-order chi connectivity index (χ0) is 17.8. The fourth-order valence-electron chi connectivity index (χ4n) is 3.30. The molecule has 3 rings (SSSR count). The molecule has 144 valence electrons. The number of ether oxygens (including phenoxy) is 2. The Morgan fingerprint density at radius 3 is 2.96 bits per heavy atom. The number of hydrogen-bond donors (Lipinski definition) is 2. The molecule has 9 heteroatoms. The molecule has 3 heterocycles. The molecule has 1 aliphatic rings. The average Bonchev–Trinajstić information content (AvgIpc) is 2.96. The van der Waals surface area contributed by atoms with Crippen molar-refractivity contribution in [1.29, 1.82) is 0 Å². The third-order valence-corrected chi connectivity index (χ3v) is 5.64. The number of primary amides is 1. The van der Waals surface area contributed by atoms with Crippen LogP contribution in [0.25, 0.3) is 10.2 Å². The Labute approximate surface area is 163 Å². The molecule has 0 spiro atoms. The summed E-state index contributed by atoms with van der Waals surface area (Å²) in [5.41, 5.74) is 13.1. The molecule has 0 radical (unpaired) electrons. The van der Waals surface area contributed by atoms with Gasteiger partial charge in [0.25, 0.3) is 5.91 Å². The number of nitrogens with zero attached hydrogens (tertiary/aromatic N) is 2. The highest BCUT2D eigenvalue weighted by atomic mass is 35.5. The highest BCUT2D eigenvalue weighted by Crippen LogP contribution is 2.40. The summed E-state index contributed by atoms with van der Waals surface area (Å²) < 4.78 is 10.8. The zero-order valence-corrected chi connectivity index (χ0v) is 16.4. The van der Waals surface area contributed by atoms with Gasteiger partial charge >= 0.3 is 0 Å². The smallest absolute Gasteiger partial charge is 0.260 e. The Morgan fingerprint density at radius 2 is 2.23 bits per heavy atom. The van der Waals surface area contributed by atoms with Gasteiger partial charge in [0.1, 0.15) is 9.71 Å². The van der Waals surface area contributed by atoms with Crippen LogP contribution >= 0.6 is 23.7 Å². The SMILES string of the molecule is COCCOCC1CCCCN1c1ccnc2sc(C(N)=O)c(N)c12.Cl. The highest BCUT2D eigenvalue weighted by Gasteiger charge is 2.27. The van der Waals surface area contributed by atoms with E-state index in [0.29, 0.717) is 30.4 Å². The lowest BCUT2D eigenvalue weighted by Crippen LogP contribution is -2.42. The van der Waals surface area contributed by atoms with Gasteiger partial charge in [-0.1, -0.05) is 0 Å². The predicted molar refractivity (Wildman–Crippen MR) is 107 cm³/mol. The van der Waals surface area contributed by atoms with Gasteiger partial charge in [0.2, 0.25) is 0 Å². The maximum absolute atomic E-state index is 11.6. The highest BCUT2D eigenvalue weighted by molar-refractivity contribution is 7.21. The van der Waals surface area contributed by atoms with Crippen LogP contribution in [0, 0.1) is 0 Å². The van der Waals surface area contributed by atoms with Crippen molar-refractivity contribution in [2.75, 3.05) is 44.1 Å². The number of carbonyl (C=O) groups excluding carboxylic acids is 1. The molecule has 0 saturated carbocycles. The van der Waals surface area contributed by atoms with Gasteiger partial charge in [-0.05, 0) is 25.3 Å². The second-order valence-corrected chi connectivity index (χ2v) is 7.13. The normalized spacial score (nSPS) is 17.3. The van der Waals surface area contributed by atoms with E-state index in [1.807, 2.05) is 6.07 Å². The summed E-state index contributed by atoms with van der Waals surface area (Å²) in [4.78, 5) is 19.4. The Bertz CT molecular complexity index is 755. The van der Waals surface area contributed by atoms with Crippen molar-refractivity contribution in [3.8, 4) is 0 Å². The summed E-state index contributed by atoms with van der Waals surface area (Å²) in [6.07, 6.45) is 5.11. The van der Waals surface area contributed by atoms with Crippen molar-refractivity contribution in [3.63, 3.8) is 0 Å². The van der Waals surface area contributed by atoms with Gasteiger partial charge < -0.3 is 25.8 Å². The Morgan fingerprint density at radius 1 is 1.42 bits per heavy atom. The molecular formula is C17H25ClN4O3S. The molecule has 4 N–H and O–H groups in total.